The number of aromatic nitrogens is 2. The SMILES string of the molecule is CCNc1ccncc1S(=O)(=O)NCc1ccno1. The Hall–Kier alpha value is -1.93. The monoisotopic (exact) mass is 282 g/mol. The summed E-state index contributed by atoms with van der Waals surface area (Å²) in [4.78, 5) is 3.95. The molecule has 2 rings (SSSR count). The lowest BCUT2D eigenvalue weighted by molar-refractivity contribution is 0.380. The van der Waals surface area contributed by atoms with Crippen molar-refractivity contribution in [1.82, 2.24) is 14.9 Å². The normalized spacial score (nSPS) is 11.4. The van der Waals surface area contributed by atoms with Crippen molar-refractivity contribution >= 4 is 15.7 Å². The molecule has 0 saturated heterocycles. The summed E-state index contributed by atoms with van der Waals surface area (Å²) in [6.07, 6.45) is 4.30. The fourth-order valence-corrected chi connectivity index (χ4v) is 2.62. The number of nitrogens with zero attached hydrogens (tertiary/aromatic N) is 2. The summed E-state index contributed by atoms with van der Waals surface area (Å²) >= 11 is 0. The van der Waals surface area contributed by atoms with Gasteiger partial charge in [0.15, 0.2) is 5.76 Å². The van der Waals surface area contributed by atoms with Crippen molar-refractivity contribution in [2.24, 2.45) is 0 Å². The van der Waals surface area contributed by atoms with E-state index in [-0.39, 0.29) is 11.4 Å². The van der Waals surface area contributed by atoms with E-state index in [9.17, 15) is 8.42 Å². The van der Waals surface area contributed by atoms with E-state index in [0.717, 1.165) is 0 Å². The summed E-state index contributed by atoms with van der Waals surface area (Å²) in [5.41, 5.74) is 0.516. The van der Waals surface area contributed by atoms with Gasteiger partial charge in [-0.15, -0.1) is 0 Å². The molecule has 0 bridgehead atoms. The Kier molecular flexibility index (Phi) is 4.13. The summed E-state index contributed by atoms with van der Waals surface area (Å²) < 4.78 is 31.6. The maximum atomic E-state index is 12.2. The van der Waals surface area contributed by atoms with Crippen LogP contribution in [0.2, 0.25) is 0 Å². The average Bonchev–Trinajstić information content (AvgIpc) is 2.91. The smallest absolute Gasteiger partial charge is 0.244 e. The van der Waals surface area contributed by atoms with Gasteiger partial charge in [-0.2, -0.15) is 0 Å². The Bertz CT molecular complexity index is 625. The van der Waals surface area contributed by atoms with E-state index in [1.165, 1.54) is 18.6 Å². The second-order valence-electron chi connectivity index (χ2n) is 3.71. The number of rotatable bonds is 6. The number of hydrogen-bond donors (Lipinski definition) is 2. The first-order chi connectivity index (χ1) is 9.13. The first kappa shape index (κ1) is 13.5. The van der Waals surface area contributed by atoms with Crippen LogP contribution in [-0.2, 0) is 16.6 Å². The van der Waals surface area contributed by atoms with Gasteiger partial charge in [0.2, 0.25) is 10.0 Å². The van der Waals surface area contributed by atoms with Crippen LogP contribution in [0.3, 0.4) is 0 Å². The van der Waals surface area contributed by atoms with Crippen LogP contribution in [0.4, 0.5) is 5.69 Å². The molecule has 2 aromatic heterocycles. The van der Waals surface area contributed by atoms with Gasteiger partial charge in [-0.05, 0) is 13.0 Å². The van der Waals surface area contributed by atoms with Crippen molar-refractivity contribution < 1.29 is 12.9 Å². The molecule has 0 amide bonds. The zero-order chi connectivity index (χ0) is 13.7. The molecule has 2 aromatic rings. The zero-order valence-electron chi connectivity index (χ0n) is 10.3. The number of nitrogens with one attached hydrogen (secondary N) is 2. The Labute approximate surface area is 111 Å². The highest BCUT2D eigenvalue weighted by atomic mass is 32.2. The molecule has 0 fully saturated rings. The maximum Gasteiger partial charge on any atom is 0.244 e. The van der Waals surface area contributed by atoms with Gasteiger partial charge in [0.1, 0.15) is 4.90 Å². The average molecular weight is 282 g/mol. The maximum absolute atomic E-state index is 12.2. The first-order valence-corrected chi connectivity index (χ1v) is 7.19. The number of anilines is 1. The summed E-state index contributed by atoms with van der Waals surface area (Å²) in [5, 5.41) is 6.49. The molecule has 2 N–H and O–H groups in total. The molecule has 0 radical (unpaired) electrons. The van der Waals surface area contributed by atoms with Crippen LogP contribution in [0.5, 0.6) is 0 Å². The first-order valence-electron chi connectivity index (χ1n) is 5.70. The van der Waals surface area contributed by atoms with E-state index in [1.807, 2.05) is 6.92 Å². The van der Waals surface area contributed by atoms with Crippen LogP contribution in [0.25, 0.3) is 0 Å². The largest absolute Gasteiger partial charge is 0.384 e. The predicted molar refractivity (Wildman–Crippen MR) is 68.9 cm³/mol. The van der Waals surface area contributed by atoms with Gasteiger partial charge < -0.3 is 9.84 Å². The van der Waals surface area contributed by atoms with Crippen molar-refractivity contribution in [3.8, 4) is 0 Å². The van der Waals surface area contributed by atoms with Crippen molar-refractivity contribution in [3.05, 3.63) is 36.5 Å². The molecule has 19 heavy (non-hydrogen) atoms. The molecular weight excluding hydrogens is 268 g/mol. The third kappa shape index (κ3) is 3.30. The molecule has 0 spiro atoms. The second-order valence-corrected chi connectivity index (χ2v) is 5.44. The van der Waals surface area contributed by atoms with E-state index in [1.54, 1.807) is 12.1 Å². The summed E-state index contributed by atoms with van der Waals surface area (Å²) in [5.74, 6) is 0.442. The Balaban J connectivity index is 2.19. The van der Waals surface area contributed by atoms with Crippen LogP contribution in [-0.4, -0.2) is 25.1 Å². The lowest BCUT2D eigenvalue weighted by Crippen LogP contribution is -2.24. The van der Waals surface area contributed by atoms with E-state index < -0.39 is 10.0 Å². The molecule has 0 aliphatic heterocycles. The van der Waals surface area contributed by atoms with Gasteiger partial charge in [-0.3, -0.25) is 4.98 Å². The van der Waals surface area contributed by atoms with Gasteiger partial charge >= 0.3 is 0 Å². The quantitative estimate of drug-likeness (QED) is 0.819. The Morgan fingerprint density at radius 3 is 2.84 bits per heavy atom. The molecule has 0 atom stereocenters. The summed E-state index contributed by atoms with van der Waals surface area (Å²) in [6, 6.07) is 3.21. The molecule has 7 nitrogen and oxygen atoms in total. The lowest BCUT2D eigenvalue weighted by atomic mass is 10.4. The Morgan fingerprint density at radius 1 is 1.32 bits per heavy atom. The third-order valence-electron chi connectivity index (χ3n) is 2.37. The standard InChI is InChI=1S/C11H14N4O3S/c1-2-13-10-4-5-12-8-11(10)19(16,17)15-7-9-3-6-14-18-9/h3-6,8,15H,2,7H2,1H3,(H,12,13). The summed E-state index contributed by atoms with van der Waals surface area (Å²) in [6.45, 7) is 2.55. The molecule has 0 aliphatic carbocycles. The fraction of sp³-hybridized carbons (Fsp3) is 0.273. The minimum Gasteiger partial charge on any atom is -0.384 e. The molecule has 0 unspecified atom stereocenters. The number of sulfonamides is 1. The zero-order valence-corrected chi connectivity index (χ0v) is 11.1. The van der Waals surface area contributed by atoms with Crippen LogP contribution >= 0.6 is 0 Å². The number of hydrogen-bond acceptors (Lipinski definition) is 6. The van der Waals surface area contributed by atoms with Gasteiger partial charge in [0, 0.05) is 25.0 Å². The van der Waals surface area contributed by atoms with Gasteiger partial charge in [-0.1, -0.05) is 5.16 Å². The van der Waals surface area contributed by atoms with Gasteiger partial charge in [-0.25, -0.2) is 13.1 Å². The van der Waals surface area contributed by atoms with E-state index in [0.29, 0.717) is 18.0 Å². The van der Waals surface area contributed by atoms with Gasteiger partial charge in [0.05, 0.1) is 18.4 Å². The van der Waals surface area contributed by atoms with Crippen LogP contribution in [0, 0.1) is 0 Å². The second kappa shape index (κ2) is 5.81. The van der Waals surface area contributed by atoms with Crippen molar-refractivity contribution in [1.29, 1.82) is 0 Å². The van der Waals surface area contributed by atoms with Crippen LogP contribution in [0.1, 0.15) is 12.7 Å². The highest BCUT2D eigenvalue weighted by Crippen LogP contribution is 2.19. The van der Waals surface area contributed by atoms with Crippen LogP contribution < -0.4 is 10.0 Å². The lowest BCUT2D eigenvalue weighted by Gasteiger charge is -2.10. The highest BCUT2D eigenvalue weighted by Gasteiger charge is 2.18. The molecule has 2 heterocycles. The Morgan fingerprint density at radius 2 is 2.16 bits per heavy atom. The van der Waals surface area contributed by atoms with Crippen molar-refractivity contribution in [3.63, 3.8) is 0 Å². The minimum absolute atomic E-state index is 0.0444. The van der Waals surface area contributed by atoms with Crippen molar-refractivity contribution in [2.45, 2.75) is 18.4 Å². The molecule has 0 aliphatic rings. The minimum atomic E-state index is -3.65. The summed E-state index contributed by atoms with van der Waals surface area (Å²) in [7, 11) is -3.65. The van der Waals surface area contributed by atoms with E-state index >= 15 is 0 Å². The predicted octanol–water partition coefficient (Wildman–Crippen LogP) is 0.980. The van der Waals surface area contributed by atoms with E-state index in [2.05, 4.69) is 20.2 Å². The molecular formula is C11H14N4O3S. The van der Waals surface area contributed by atoms with Crippen LogP contribution in [0.15, 0.2) is 40.1 Å². The van der Waals surface area contributed by atoms with Crippen molar-refractivity contribution in [2.75, 3.05) is 11.9 Å². The third-order valence-corrected chi connectivity index (χ3v) is 3.80. The molecule has 0 aromatic carbocycles. The molecule has 0 saturated carbocycles. The molecule has 8 heteroatoms. The van der Waals surface area contributed by atoms with E-state index in [4.69, 9.17) is 4.52 Å². The molecule has 102 valence electrons. The van der Waals surface area contributed by atoms with Gasteiger partial charge in [0.25, 0.3) is 0 Å². The highest BCUT2D eigenvalue weighted by molar-refractivity contribution is 7.89. The topological polar surface area (TPSA) is 97.1 Å². The number of pyridine rings is 1. The fourth-order valence-electron chi connectivity index (χ4n) is 1.51.